The van der Waals surface area contributed by atoms with Crippen LogP contribution in [0, 0.1) is 11.3 Å². The van der Waals surface area contributed by atoms with Crippen LogP contribution in [0.5, 0.6) is 11.5 Å². The van der Waals surface area contributed by atoms with Gasteiger partial charge in [0.1, 0.15) is 17.1 Å². The number of nitrogens with two attached hydrogens (primary N) is 1. The Morgan fingerprint density at radius 3 is 2.72 bits per heavy atom. The number of hydroxylamine groups is 2. The van der Waals surface area contributed by atoms with Crippen molar-refractivity contribution in [1.82, 2.24) is 5.06 Å². The first-order valence-electron chi connectivity index (χ1n) is 12.2. The van der Waals surface area contributed by atoms with Crippen molar-refractivity contribution in [2.24, 2.45) is 10.7 Å². The van der Waals surface area contributed by atoms with Crippen molar-refractivity contribution < 1.29 is 14.3 Å². The zero-order chi connectivity index (χ0) is 24.9. The number of methoxy groups -OCH3 is 1. The average Bonchev–Trinajstić information content (AvgIpc) is 3.06. The SMILES string of the molecule is COc1ccc2c(c1)CCCC1(C2)CC2(N=C(N)N(C)O2)c2cc(-c3cccc(C#N)c3)ccc2O1. The molecule has 0 aromatic heterocycles. The summed E-state index contributed by atoms with van der Waals surface area (Å²) >= 11 is 0. The molecule has 2 heterocycles. The predicted octanol–water partition coefficient (Wildman–Crippen LogP) is 4.68. The zero-order valence-corrected chi connectivity index (χ0v) is 20.5. The van der Waals surface area contributed by atoms with Crippen molar-refractivity contribution in [1.29, 1.82) is 5.26 Å². The van der Waals surface area contributed by atoms with Crippen LogP contribution >= 0.6 is 0 Å². The second-order valence-corrected chi connectivity index (χ2v) is 9.87. The third kappa shape index (κ3) is 3.66. The fraction of sp³-hybridized carbons (Fsp3) is 0.310. The molecule has 2 aliphatic heterocycles. The lowest BCUT2D eigenvalue weighted by Gasteiger charge is -2.45. The fourth-order valence-electron chi connectivity index (χ4n) is 5.81. The predicted molar refractivity (Wildman–Crippen MR) is 136 cm³/mol. The van der Waals surface area contributed by atoms with Crippen LogP contribution < -0.4 is 15.2 Å². The highest BCUT2D eigenvalue weighted by Crippen LogP contribution is 2.53. The van der Waals surface area contributed by atoms with Gasteiger partial charge in [-0.1, -0.05) is 24.3 Å². The molecule has 2 unspecified atom stereocenters. The van der Waals surface area contributed by atoms with E-state index in [9.17, 15) is 5.26 Å². The Bertz CT molecular complexity index is 1430. The van der Waals surface area contributed by atoms with Crippen molar-refractivity contribution in [2.45, 2.75) is 43.4 Å². The number of ether oxygens (including phenoxy) is 2. The van der Waals surface area contributed by atoms with Crippen LogP contribution in [0.15, 0.2) is 65.7 Å². The number of fused-ring (bicyclic) bond motifs is 3. The van der Waals surface area contributed by atoms with Gasteiger partial charge in [-0.3, -0.25) is 0 Å². The van der Waals surface area contributed by atoms with Gasteiger partial charge in [0.2, 0.25) is 11.7 Å². The number of nitrogens with zero attached hydrogens (tertiary/aromatic N) is 3. The summed E-state index contributed by atoms with van der Waals surface area (Å²) < 4.78 is 12.3. The first-order valence-corrected chi connectivity index (χ1v) is 12.2. The summed E-state index contributed by atoms with van der Waals surface area (Å²) in [4.78, 5) is 11.3. The van der Waals surface area contributed by atoms with Crippen LogP contribution in [-0.4, -0.2) is 30.8 Å². The summed E-state index contributed by atoms with van der Waals surface area (Å²) in [5, 5.41) is 10.9. The van der Waals surface area contributed by atoms with Gasteiger partial charge in [0, 0.05) is 19.9 Å². The van der Waals surface area contributed by atoms with Crippen LogP contribution in [0.2, 0.25) is 0 Å². The Hall–Kier alpha value is -4.02. The van der Waals surface area contributed by atoms with E-state index >= 15 is 0 Å². The molecule has 3 aromatic rings. The van der Waals surface area contributed by atoms with Crippen LogP contribution in [0.4, 0.5) is 0 Å². The maximum atomic E-state index is 9.36. The molecule has 0 fully saturated rings. The molecular formula is C29H28N4O3. The molecular weight excluding hydrogens is 452 g/mol. The number of hydrogen-bond donors (Lipinski definition) is 1. The highest BCUT2D eigenvalue weighted by molar-refractivity contribution is 5.79. The number of aliphatic imine (C=N–C) groups is 1. The van der Waals surface area contributed by atoms with E-state index in [1.165, 1.54) is 11.1 Å². The Morgan fingerprint density at radius 1 is 1.08 bits per heavy atom. The number of aryl methyl sites for hydroxylation is 1. The first kappa shape index (κ1) is 22.4. The molecule has 1 aliphatic carbocycles. The fourth-order valence-corrected chi connectivity index (χ4v) is 5.81. The summed E-state index contributed by atoms with van der Waals surface area (Å²) in [6.07, 6.45) is 4.13. The van der Waals surface area contributed by atoms with Gasteiger partial charge in [-0.2, -0.15) is 5.26 Å². The Balaban J connectivity index is 1.45. The van der Waals surface area contributed by atoms with E-state index in [0.29, 0.717) is 17.9 Å². The van der Waals surface area contributed by atoms with E-state index in [4.69, 9.17) is 25.0 Å². The third-order valence-electron chi connectivity index (χ3n) is 7.52. The summed E-state index contributed by atoms with van der Waals surface area (Å²) in [5.74, 6) is 1.97. The molecule has 2 spiro atoms. The van der Waals surface area contributed by atoms with Crippen molar-refractivity contribution in [3.63, 3.8) is 0 Å². The maximum Gasteiger partial charge on any atom is 0.222 e. The van der Waals surface area contributed by atoms with Crippen molar-refractivity contribution >= 4 is 5.96 Å². The van der Waals surface area contributed by atoms with Crippen LogP contribution in [0.25, 0.3) is 11.1 Å². The van der Waals surface area contributed by atoms with Gasteiger partial charge in [0.25, 0.3) is 0 Å². The molecule has 0 saturated heterocycles. The molecule has 0 saturated carbocycles. The van der Waals surface area contributed by atoms with E-state index < -0.39 is 11.3 Å². The standard InChI is InChI=1S/C29H28N4O3/c1-33-27(31)32-29(36-33)18-28(12-4-7-21-14-24(34-2)10-8-23(21)16-28)35-26-11-9-22(15-25(26)29)20-6-3-5-19(13-20)17-30/h3,5-6,8-11,13-15H,4,7,12,16,18H2,1-2H3,(H2,31,32). The summed E-state index contributed by atoms with van der Waals surface area (Å²) in [7, 11) is 3.48. The van der Waals surface area contributed by atoms with Gasteiger partial charge in [0.15, 0.2) is 0 Å². The molecule has 2 N–H and O–H groups in total. The van der Waals surface area contributed by atoms with E-state index in [2.05, 4.69) is 24.3 Å². The van der Waals surface area contributed by atoms with Crippen LogP contribution in [0.3, 0.4) is 0 Å². The minimum atomic E-state index is -0.980. The number of guanidine groups is 1. The zero-order valence-electron chi connectivity index (χ0n) is 20.5. The minimum absolute atomic E-state index is 0.341. The molecule has 3 aromatic carbocycles. The number of benzene rings is 3. The molecule has 36 heavy (non-hydrogen) atoms. The molecule has 7 heteroatoms. The second kappa shape index (κ2) is 8.28. The molecule has 7 nitrogen and oxygen atoms in total. The highest BCUT2D eigenvalue weighted by Gasteiger charge is 2.54. The Kier molecular flexibility index (Phi) is 5.16. The van der Waals surface area contributed by atoms with Crippen molar-refractivity contribution in [3.05, 3.63) is 82.9 Å². The third-order valence-corrected chi connectivity index (χ3v) is 7.52. The quantitative estimate of drug-likeness (QED) is 0.573. The van der Waals surface area contributed by atoms with E-state index in [-0.39, 0.29) is 0 Å². The summed E-state index contributed by atoms with van der Waals surface area (Å²) in [5.41, 5.74) is 10.7. The number of rotatable bonds is 2. The van der Waals surface area contributed by atoms with Gasteiger partial charge in [-0.25, -0.2) is 14.9 Å². The van der Waals surface area contributed by atoms with Crippen LogP contribution in [-0.2, 0) is 23.4 Å². The average molecular weight is 481 g/mol. The minimum Gasteiger partial charge on any atom is -0.497 e. The largest absolute Gasteiger partial charge is 0.497 e. The normalized spacial score (nSPS) is 24.4. The topological polar surface area (TPSA) is 93.1 Å². The van der Waals surface area contributed by atoms with E-state index in [1.807, 2.05) is 36.4 Å². The lowest BCUT2D eigenvalue weighted by atomic mass is 9.78. The van der Waals surface area contributed by atoms with E-state index in [0.717, 1.165) is 53.9 Å². The molecule has 0 bridgehead atoms. The lowest BCUT2D eigenvalue weighted by molar-refractivity contribution is -0.204. The van der Waals surface area contributed by atoms with Crippen molar-refractivity contribution in [3.8, 4) is 28.7 Å². The molecule has 0 amide bonds. The van der Waals surface area contributed by atoms with Crippen molar-refractivity contribution in [2.75, 3.05) is 14.2 Å². The van der Waals surface area contributed by atoms with E-state index in [1.54, 1.807) is 25.3 Å². The van der Waals surface area contributed by atoms with Gasteiger partial charge in [-0.15, -0.1) is 0 Å². The molecule has 6 rings (SSSR count). The summed E-state index contributed by atoms with van der Waals surface area (Å²) in [6, 6.07) is 22.2. The smallest absolute Gasteiger partial charge is 0.222 e. The highest BCUT2D eigenvalue weighted by atomic mass is 16.7. The van der Waals surface area contributed by atoms with Gasteiger partial charge < -0.3 is 15.2 Å². The monoisotopic (exact) mass is 480 g/mol. The van der Waals surface area contributed by atoms with Gasteiger partial charge >= 0.3 is 0 Å². The maximum absolute atomic E-state index is 9.36. The first-order chi connectivity index (χ1) is 17.4. The van der Waals surface area contributed by atoms with Gasteiger partial charge in [0.05, 0.1) is 24.3 Å². The molecule has 182 valence electrons. The lowest BCUT2D eigenvalue weighted by Crippen LogP contribution is -2.49. The molecule has 0 radical (unpaired) electrons. The Labute approximate surface area is 210 Å². The molecule has 2 atom stereocenters. The summed E-state index contributed by atoms with van der Waals surface area (Å²) in [6.45, 7) is 0. The van der Waals surface area contributed by atoms with Crippen LogP contribution in [0.1, 0.15) is 41.5 Å². The number of hydrogen-bond acceptors (Lipinski definition) is 7. The Morgan fingerprint density at radius 2 is 1.94 bits per heavy atom. The second-order valence-electron chi connectivity index (χ2n) is 9.87. The number of nitriles is 1. The van der Waals surface area contributed by atoms with Gasteiger partial charge in [-0.05, 0) is 77.9 Å². The molecule has 3 aliphatic rings.